The first-order valence-electron chi connectivity index (χ1n) is 4.84. The minimum atomic E-state index is -0.584. The molecule has 1 aromatic carbocycles. The zero-order valence-corrected chi connectivity index (χ0v) is 11.2. The molecule has 92 valence electrons. The second kappa shape index (κ2) is 5.46. The molecule has 1 aromatic heterocycles. The van der Waals surface area contributed by atoms with Gasteiger partial charge in [-0.05, 0) is 28.1 Å². The lowest BCUT2D eigenvalue weighted by Gasteiger charge is -2.07. The topological polar surface area (TPSA) is 39.2 Å². The van der Waals surface area contributed by atoms with E-state index in [9.17, 15) is 9.18 Å². The monoisotopic (exact) mass is 329 g/mol. The molecule has 0 fully saturated rings. The van der Waals surface area contributed by atoms with E-state index in [2.05, 4.69) is 20.9 Å². The van der Waals surface area contributed by atoms with Gasteiger partial charge in [0, 0.05) is 23.9 Å². The number of rotatable bonds is 3. The van der Waals surface area contributed by atoms with E-state index < -0.39 is 5.82 Å². The van der Waals surface area contributed by atoms with Gasteiger partial charge in [0.15, 0.2) is 6.29 Å². The summed E-state index contributed by atoms with van der Waals surface area (Å²) in [6.07, 6.45) is 2.04. The molecule has 1 heterocycles. The van der Waals surface area contributed by atoms with E-state index in [4.69, 9.17) is 16.3 Å². The molecule has 0 unspecified atom stereocenters. The van der Waals surface area contributed by atoms with Crippen LogP contribution in [0.3, 0.4) is 0 Å². The number of aromatic nitrogens is 1. The Bertz CT molecular complexity index is 589. The fourth-order valence-electron chi connectivity index (χ4n) is 1.22. The molecule has 2 rings (SSSR count). The highest BCUT2D eigenvalue weighted by Crippen LogP contribution is 2.33. The van der Waals surface area contributed by atoms with E-state index >= 15 is 0 Å². The van der Waals surface area contributed by atoms with Crippen molar-refractivity contribution in [3.63, 3.8) is 0 Å². The third-order valence-electron chi connectivity index (χ3n) is 2.08. The second-order valence-electron chi connectivity index (χ2n) is 3.35. The van der Waals surface area contributed by atoms with Gasteiger partial charge < -0.3 is 4.74 Å². The average molecular weight is 331 g/mol. The molecule has 18 heavy (non-hydrogen) atoms. The first kappa shape index (κ1) is 13.0. The van der Waals surface area contributed by atoms with E-state index in [1.807, 2.05) is 0 Å². The van der Waals surface area contributed by atoms with E-state index in [0.29, 0.717) is 16.3 Å². The van der Waals surface area contributed by atoms with Gasteiger partial charge in [0.2, 0.25) is 5.88 Å². The van der Waals surface area contributed by atoms with Crippen molar-refractivity contribution in [2.45, 2.75) is 0 Å². The predicted molar refractivity (Wildman–Crippen MR) is 68.8 cm³/mol. The number of aldehydes is 1. The van der Waals surface area contributed by atoms with Crippen molar-refractivity contribution in [2.24, 2.45) is 0 Å². The molecule has 6 heteroatoms. The average Bonchev–Trinajstić information content (AvgIpc) is 2.37. The van der Waals surface area contributed by atoms with Gasteiger partial charge in [-0.15, -0.1) is 0 Å². The van der Waals surface area contributed by atoms with Crippen LogP contribution in [-0.2, 0) is 0 Å². The van der Waals surface area contributed by atoms with Crippen LogP contribution in [0.1, 0.15) is 10.4 Å². The number of benzene rings is 1. The summed E-state index contributed by atoms with van der Waals surface area (Å²) in [7, 11) is 0. The summed E-state index contributed by atoms with van der Waals surface area (Å²) in [5, 5.41) is -0.00140. The van der Waals surface area contributed by atoms with E-state index in [-0.39, 0.29) is 16.7 Å². The Balaban J connectivity index is 2.27. The van der Waals surface area contributed by atoms with Crippen LogP contribution < -0.4 is 4.74 Å². The molecule has 0 radical (unpaired) electrons. The summed E-state index contributed by atoms with van der Waals surface area (Å²) in [5.74, 6) is -0.0781. The maximum absolute atomic E-state index is 13.3. The van der Waals surface area contributed by atoms with E-state index in [0.717, 1.165) is 6.07 Å². The lowest BCUT2D eigenvalue weighted by atomic mass is 10.3. The van der Waals surface area contributed by atoms with E-state index in [1.165, 1.54) is 18.3 Å². The fourth-order valence-corrected chi connectivity index (χ4v) is 1.94. The van der Waals surface area contributed by atoms with Crippen LogP contribution >= 0.6 is 27.5 Å². The highest BCUT2D eigenvalue weighted by Gasteiger charge is 2.09. The fraction of sp³-hybridized carbons (Fsp3) is 0. The van der Waals surface area contributed by atoms with Crippen molar-refractivity contribution in [1.82, 2.24) is 4.98 Å². The molecule has 0 spiro atoms. The normalized spacial score (nSPS) is 10.2. The van der Waals surface area contributed by atoms with E-state index in [1.54, 1.807) is 6.07 Å². The zero-order chi connectivity index (χ0) is 13.1. The molecular formula is C12H6BrClFNO2. The molecule has 0 bridgehead atoms. The third kappa shape index (κ3) is 2.86. The van der Waals surface area contributed by atoms with Crippen LogP contribution in [0.5, 0.6) is 11.6 Å². The molecule has 0 amide bonds. The number of nitrogens with zero attached hydrogens (tertiary/aromatic N) is 1. The minimum Gasteiger partial charge on any atom is -0.438 e. The smallest absolute Gasteiger partial charge is 0.219 e. The largest absolute Gasteiger partial charge is 0.438 e. The number of hydrogen-bond donors (Lipinski definition) is 0. The number of carbonyl (C=O) groups excluding carboxylic acids is 1. The van der Waals surface area contributed by atoms with Crippen molar-refractivity contribution in [2.75, 3.05) is 0 Å². The summed E-state index contributed by atoms with van der Waals surface area (Å²) in [5.41, 5.74) is 0.434. The van der Waals surface area contributed by atoms with Gasteiger partial charge in [0.05, 0.1) is 9.50 Å². The summed E-state index contributed by atoms with van der Waals surface area (Å²) >= 11 is 8.82. The van der Waals surface area contributed by atoms with Gasteiger partial charge in [-0.3, -0.25) is 4.79 Å². The maximum atomic E-state index is 13.3. The van der Waals surface area contributed by atoms with Crippen LogP contribution in [-0.4, -0.2) is 11.3 Å². The summed E-state index contributed by atoms with van der Waals surface area (Å²) in [4.78, 5) is 14.4. The number of pyridine rings is 1. The Labute approximate surface area is 116 Å². The zero-order valence-electron chi connectivity index (χ0n) is 8.86. The van der Waals surface area contributed by atoms with Crippen LogP contribution in [0.4, 0.5) is 4.39 Å². The van der Waals surface area contributed by atoms with Crippen LogP contribution in [0, 0.1) is 5.82 Å². The summed E-state index contributed by atoms with van der Waals surface area (Å²) < 4.78 is 19.2. The standard InChI is InChI=1S/C12H6BrClFNO2/c13-8-3-9(14)10(15)4-11(8)18-12-2-1-7(6-17)5-16-12/h1-6H. The highest BCUT2D eigenvalue weighted by molar-refractivity contribution is 9.10. The molecule has 0 aliphatic carbocycles. The molecule has 0 atom stereocenters. The Kier molecular flexibility index (Phi) is 3.93. The van der Waals surface area contributed by atoms with Crippen molar-refractivity contribution < 1.29 is 13.9 Å². The highest BCUT2D eigenvalue weighted by atomic mass is 79.9. The third-order valence-corrected chi connectivity index (χ3v) is 2.99. The molecule has 3 nitrogen and oxygen atoms in total. The number of ether oxygens (including phenoxy) is 1. The van der Waals surface area contributed by atoms with Crippen LogP contribution in [0.25, 0.3) is 0 Å². The lowest BCUT2D eigenvalue weighted by molar-refractivity contribution is 0.112. The van der Waals surface area contributed by atoms with Gasteiger partial charge in [-0.2, -0.15) is 0 Å². The van der Waals surface area contributed by atoms with Gasteiger partial charge in [-0.25, -0.2) is 9.37 Å². The van der Waals surface area contributed by atoms with Crippen molar-refractivity contribution in [3.8, 4) is 11.6 Å². The summed E-state index contributed by atoms with van der Waals surface area (Å²) in [6.45, 7) is 0. The van der Waals surface area contributed by atoms with Crippen molar-refractivity contribution >= 4 is 33.8 Å². The molecule has 0 aliphatic rings. The Morgan fingerprint density at radius 2 is 2.17 bits per heavy atom. The number of hydrogen-bond acceptors (Lipinski definition) is 3. The second-order valence-corrected chi connectivity index (χ2v) is 4.61. The molecular weight excluding hydrogens is 324 g/mol. The van der Waals surface area contributed by atoms with Crippen molar-refractivity contribution in [3.05, 3.63) is 51.3 Å². The lowest BCUT2D eigenvalue weighted by Crippen LogP contribution is -1.91. The van der Waals surface area contributed by atoms with Crippen LogP contribution in [0.2, 0.25) is 5.02 Å². The number of carbonyl (C=O) groups is 1. The predicted octanol–water partition coefficient (Wildman–Crippen LogP) is 4.24. The minimum absolute atomic E-state index is 0.00140. The van der Waals surface area contributed by atoms with Crippen molar-refractivity contribution in [1.29, 1.82) is 0 Å². The molecule has 0 aliphatic heterocycles. The van der Waals surface area contributed by atoms with Gasteiger partial charge in [0.1, 0.15) is 11.6 Å². The molecule has 0 saturated heterocycles. The first-order valence-corrected chi connectivity index (χ1v) is 6.01. The SMILES string of the molecule is O=Cc1ccc(Oc2cc(F)c(Cl)cc2Br)nc1. The molecule has 2 aromatic rings. The van der Waals surface area contributed by atoms with Crippen LogP contribution in [0.15, 0.2) is 34.9 Å². The molecule has 0 N–H and O–H groups in total. The molecule has 0 saturated carbocycles. The maximum Gasteiger partial charge on any atom is 0.219 e. The Hall–Kier alpha value is -1.46. The number of halogens is 3. The van der Waals surface area contributed by atoms with Gasteiger partial charge in [-0.1, -0.05) is 11.6 Å². The Morgan fingerprint density at radius 3 is 2.78 bits per heavy atom. The van der Waals surface area contributed by atoms with Gasteiger partial charge in [0.25, 0.3) is 0 Å². The van der Waals surface area contributed by atoms with Gasteiger partial charge >= 0.3 is 0 Å². The quantitative estimate of drug-likeness (QED) is 0.624. The Morgan fingerprint density at radius 1 is 1.39 bits per heavy atom. The summed E-state index contributed by atoms with van der Waals surface area (Å²) in [6, 6.07) is 5.62. The first-order chi connectivity index (χ1) is 8.60.